The second-order valence-electron chi connectivity index (χ2n) is 2.38. The first-order valence-electron chi connectivity index (χ1n) is 3.19. The van der Waals surface area contributed by atoms with Crippen LogP contribution >= 0.6 is 10.7 Å². The second kappa shape index (κ2) is 2.93. The summed E-state index contributed by atoms with van der Waals surface area (Å²) in [6.07, 6.45) is 5.93. The van der Waals surface area contributed by atoms with Gasteiger partial charge in [-0.05, 0) is 19.3 Å². The third-order valence-corrected chi connectivity index (χ3v) is 3.60. The first-order valence-corrected chi connectivity index (χ1v) is 5.56. The summed E-state index contributed by atoms with van der Waals surface area (Å²) in [7, 11) is 1.85. The normalized spacial score (nSPS) is 26.7. The quantitative estimate of drug-likeness (QED) is 0.455. The van der Waals surface area contributed by atoms with Gasteiger partial charge >= 0.3 is 0 Å². The predicted octanol–water partition coefficient (Wildman–Crippen LogP) is 1.66. The molecule has 4 heteroatoms. The zero-order valence-electron chi connectivity index (χ0n) is 5.46. The van der Waals surface area contributed by atoms with Crippen LogP contribution in [0.2, 0.25) is 0 Å². The van der Waals surface area contributed by atoms with Crippen LogP contribution in [0.4, 0.5) is 0 Å². The summed E-state index contributed by atoms with van der Waals surface area (Å²) in [4.78, 5) is 0. The molecule has 0 aromatic heterocycles. The molecule has 0 fully saturated rings. The predicted molar refractivity (Wildman–Crippen MR) is 41.6 cm³/mol. The molecular formula is C6H9ClO2S. The molecule has 0 saturated carbocycles. The fourth-order valence-corrected chi connectivity index (χ4v) is 2.27. The Labute approximate surface area is 65.3 Å². The molecule has 0 amide bonds. The zero-order valence-corrected chi connectivity index (χ0v) is 7.03. The van der Waals surface area contributed by atoms with Gasteiger partial charge in [0.15, 0.2) is 0 Å². The van der Waals surface area contributed by atoms with Gasteiger partial charge in [0.05, 0.1) is 5.25 Å². The minimum absolute atomic E-state index is 0.348. The Morgan fingerprint density at radius 2 is 2.10 bits per heavy atom. The van der Waals surface area contributed by atoms with Crippen molar-refractivity contribution in [2.75, 3.05) is 0 Å². The number of rotatable bonds is 1. The number of halogens is 1. The van der Waals surface area contributed by atoms with Crippen LogP contribution in [0.25, 0.3) is 0 Å². The van der Waals surface area contributed by atoms with E-state index in [1.807, 2.05) is 12.2 Å². The van der Waals surface area contributed by atoms with E-state index in [-0.39, 0.29) is 5.25 Å². The minimum Gasteiger partial charge on any atom is -0.212 e. The van der Waals surface area contributed by atoms with E-state index in [1.54, 1.807) is 0 Å². The first kappa shape index (κ1) is 8.08. The number of hydrogen-bond acceptors (Lipinski definition) is 2. The molecule has 1 rings (SSSR count). The van der Waals surface area contributed by atoms with Crippen LogP contribution in [0, 0.1) is 0 Å². The van der Waals surface area contributed by atoms with E-state index in [4.69, 9.17) is 10.7 Å². The van der Waals surface area contributed by atoms with Crippen molar-refractivity contribution in [3.63, 3.8) is 0 Å². The summed E-state index contributed by atoms with van der Waals surface area (Å²) < 4.78 is 21.4. The smallest absolute Gasteiger partial charge is 0.212 e. The molecule has 1 aliphatic rings. The summed E-state index contributed by atoms with van der Waals surface area (Å²) in [6.45, 7) is 0. The van der Waals surface area contributed by atoms with Crippen molar-refractivity contribution in [3.8, 4) is 0 Å². The molecule has 0 N–H and O–H groups in total. The third kappa shape index (κ3) is 1.99. The lowest BCUT2D eigenvalue weighted by atomic mass is 10.1. The van der Waals surface area contributed by atoms with Gasteiger partial charge in [0.2, 0.25) is 9.05 Å². The van der Waals surface area contributed by atoms with E-state index >= 15 is 0 Å². The molecule has 1 aliphatic carbocycles. The van der Waals surface area contributed by atoms with Crippen molar-refractivity contribution in [2.45, 2.75) is 24.5 Å². The van der Waals surface area contributed by atoms with Crippen LogP contribution in [0.1, 0.15) is 19.3 Å². The van der Waals surface area contributed by atoms with Gasteiger partial charge in [-0.15, -0.1) is 0 Å². The van der Waals surface area contributed by atoms with Gasteiger partial charge < -0.3 is 0 Å². The summed E-state index contributed by atoms with van der Waals surface area (Å²) in [6, 6.07) is 0. The Balaban J connectivity index is 2.67. The van der Waals surface area contributed by atoms with Crippen molar-refractivity contribution in [2.24, 2.45) is 0 Å². The lowest BCUT2D eigenvalue weighted by Crippen LogP contribution is -2.16. The maximum atomic E-state index is 10.7. The topological polar surface area (TPSA) is 34.1 Å². The molecule has 0 aromatic carbocycles. The Bertz CT molecular complexity index is 230. The van der Waals surface area contributed by atoms with Crippen molar-refractivity contribution in [1.29, 1.82) is 0 Å². The Kier molecular flexibility index (Phi) is 2.36. The van der Waals surface area contributed by atoms with Crippen molar-refractivity contribution >= 4 is 19.7 Å². The fourth-order valence-electron chi connectivity index (χ4n) is 1.02. The maximum Gasteiger partial charge on any atom is 0.235 e. The van der Waals surface area contributed by atoms with Crippen LogP contribution in [0.3, 0.4) is 0 Å². The van der Waals surface area contributed by atoms with E-state index < -0.39 is 9.05 Å². The molecule has 0 aromatic rings. The van der Waals surface area contributed by atoms with E-state index in [0.717, 1.165) is 6.42 Å². The van der Waals surface area contributed by atoms with Crippen LogP contribution < -0.4 is 0 Å². The number of allylic oxidation sites excluding steroid dienone is 2. The summed E-state index contributed by atoms with van der Waals surface area (Å²) in [5.74, 6) is 0. The van der Waals surface area contributed by atoms with Gasteiger partial charge in [0.1, 0.15) is 0 Å². The highest BCUT2D eigenvalue weighted by molar-refractivity contribution is 8.14. The highest BCUT2D eigenvalue weighted by Gasteiger charge is 2.22. The van der Waals surface area contributed by atoms with Gasteiger partial charge in [-0.3, -0.25) is 0 Å². The average Bonchev–Trinajstić information content (AvgIpc) is 1.88. The molecule has 0 spiro atoms. The van der Waals surface area contributed by atoms with Crippen LogP contribution in [0.5, 0.6) is 0 Å². The fraction of sp³-hybridized carbons (Fsp3) is 0.667. The molecular weight excluding hydrogens is 172 g/mol. The number of hydrogen-bond donors (Lipinski definition) is 0. The minimum atomic E-state index is -3.30. The Hall–Kier alpha value is -0.0200. The third-order valence-electron chi connectivity index (χ3n) is 1.62. The summed E-state index contributed by atoms with van der Waals surface area (Å²) in [5, 5.41) is -0.348. The monoisotopic (exact) mass is 180 g/mol. The standard InChI is InChI=1S/C6H9ClO2S/c7-10(8,9)6-4-2-1-3-5-6/h1-2,6H,3-5H2/t6-/m0/s1. The molecule has 0 unspecified atom stereocenters. The second-order valence-corrected chi connectivity index (χ2v) is 5.29. The van der Waals surface area contributed by atoms with E-state index in [9.17, 15) is 8.42 Å². The lowest BCUT2D eigenvalue weighted by molar-refractivity contribution is 0.582. The van der Waals surface area contributed by atoms with Crippen LogP contribution in [-0.2, 0) is 9.05 Å². The molecule has 1 atom stereocenters. The lowest BCUT2D eigenvalue weighted by Gasteiger charge is -2.12. The average molecular weight is 181 g/mol. The van der Waals surface area contributed by atoms with Gasteiger partial charge in [-0.25, -0.2) is 8.42 Å². The van der Waals surface area contributed by atoms with Gasteiger partial charge in [0.25, 0.3) is 0 Å². The van der Waals surface area contributed by atoms with Crippen LogP contribution in [-0.4, -0.2) is 13.7 Å². The van der Waals surface area contributed by atoms with Crippen molar-refractivity contribution < 1.29 is 8.42 Å². The Morgan fingerprint density at radius 3 is 2.40 bits per heavy atom. The molecule has 0 saturated heterocycles. The van der Waals surface area contributed by atoms with E-state index in [0.29, 0.717) is 12.8 Å². The summed E-state index contributed by atoms with van der Waals surface area (Å²) in [5.41, 5.74) is 0. The van der Waals surface area contributed by atoms with E-state index in [1.165, 1.54) is 0 Å². The molecule has 0 bridgehead atoms. The van der Waals surface area contributed by atoms with Gasteiger partial charge in [-0.1, -0.05) is 12.2 Å². The Morgan fingerprint density at radius 1 is 1.40 bits per heavy atom. The van der Waals surface area contributed by atoms with Crippen molar-refractivity contribution in [1.82, 2.24) is 0 Å². The molecule has 2 nitrogen and oxygen atoms in total. The highest BCUT2D eigenvalue weighted by atomic mass is 35.7. The molecule has 58 valence electrons. The summed E-state index contributed by atoms with van der Waals surface area (Å²) >= 11 is 0. The zero-order chi connectivity index (χ0) is 7.61. The maximum absolute atomic E-state index is 10.7. The molecule has 0 heterocycles. The molecule has 10 heavy (non-hydrogen) atoms. The van der Waals surface area contributed by atoms with E-state index in [2.05, 4.69) is 0 Å². The van der Waals surface area contributed by atoms with Crippen LogP contribution in [0.15, 0.2) is 12.2 Å². The largest absolute Gasteiger partial charge is 0.235 e. The highest BCUT2D eigenvalue weighted by Crippen LogP contribution is 2.21. The van der Waals surface area contributed by atoms with Gasteiger partial charge in [-0.2, -0.15) is 0 Å². The van der Waals surface area contributed by atoms with Gasteiger partial charge in [0, 0.05) is 10.7 Å². The van der Waals surface area contributed by atoms with Crippen molar-refractivity contribution in [3.05, 3.63) is 12.2 Å². The SMILES string of the molecule is O=S(=O)(Cl)[C@H]1CC=CCC1. The first-order chi connectivity index (χ1) is 4.61. The molecule has 0 radical (unpaired) electrons. The molecule has 0 aliphatic heterocycles.